The lowest BCUT2D eigenvalue weighted by atomic mass is 10.0. The molecule has 0 aliphatic rings. The van der Waals surface area contributed by atoms with Gasteiger partial charge in [-0.15, -0.1) is 0 Å². The quantitative estimate of drug-likeness (QED) is 0.771. The van der Waals surface area contributed by atoms with Crippen molar-refractivity contribution >= 4 is 22.5 Å². The molecule has 1 aromatic heterocycles. The summed E-state index contributed by atoms with van der Waals surface area (Å²) in [5.74, 6) is 1.17. The molecule has 0 unspecified atom stereocenters. The highest BCUT2D eigenvalue weighted by molar-refractivity contribution is 6.00. The number of aromatic nitrogens is 1. The van der Waals surface area contributed by atoms with Gasteiger partial charge in [-0.05, 0) is 42.3 Å². The summed E-state index contributed by atoms with van der Waals surface area (Å²) < 4.78 is 10.6. The molecule has 2 aromatic carbocycles. The van der Waals surface area contributed by atoms with Crippen LogP contribution in [0.3, 0.4) is 0 Å². The molecule has 0 aliphatic heterocycles. The molecule has 0 bridgehead atoms. The molecule has 5 heteroatoms. The zero-order chi connectivity index (χ0) is 17.8. The SMILES string of the molecule is COc1cc(C)c(CC(=O)Nc2cccc3cccnc23)cc1OC. The molecule has 0 radical (unpaired) electrons. The fourth-order valence-electron chi connectivity index (χ4n) is 2.79. The van der Waals surface area contributed by atoms with E-state index < -0.39 is 0 Å². The Bertz CT molecular complexity index is 917. The zero-order valence-electron chi connectivity index (χ0n) is 14.5. The summed E-state index contributed by atoms with van der Waals surface area (Å²) in [4.78, 5) is 16.9. The van der Waals surface area contributed by atoms with Gasteiger partial charge in [0.15, 0.2) is 11.5 Å². The van der Waals surface area contributed by atoms with Gasteiger partial charge in [-0.2, -0.15) is 0 Å². The third kappa shape index (κ3) is 3.55. The van der Waals surface area contributed by atoms with E-state index in [9.17, 15) is 4.79 Å². The molecular weight excluding hydrogens is 316 g/mol. The van der Waals surface area contributed by atoms with Crippen molar-refractivity contribution in [1.82, 2.24) is 4.98 Å². The van der Waals surface area contributed by atoms with E-state index in [2.05, 4.69) is 10.3 Å². The van der Waals surface area contributed by atoms with Gasteiger partial charge in [0.25, 0.3) is 0 Å². The van der Waals surface area contributed by atoms with Crippen LogP contribution in [0, 0.1) is 6.92 Å². The molecule has 128 valence electrons. The molecule has 25 heavy (non-hydrogen) atoms. The smallest absolute Gasteiger partial charge is 0.228 e. The summed E-state index contributed by atoms with van der Waals surface area (Å²) in [5, 5.41) is 3.94. The maximum Gasteiger partial charge on any atom is 0.228 e. The van der Waals surface area contributed by atoms with Gasteiger partial charge in [-0.3, -0.25) is 9.78 Å². The summed E-state index contributed by atoms with van der Waals surface area (Å²) in [6.45, 7) is 1.95. The number of anilines is 1. The van der Waals surface area contributed by atoms with Crippen LogP contribution in [0.4, 0.5) is 5.69 Å². The Balaban J connectivity index is 1.83. The fourth-order valence-corrected chi connectivity index (χ4v) is 2.79. The number of methoxy groups -OCH3 is 2. The van der Waals surface area contributed by atoms with E-state index in [1.807, 2.05) is 49.4 Å². The van der Waals surface area contributed by atoms with Crippen LogP contribution in [0.15, 0.2) is 48.7 Å². The third-order valence-electron chi connectivity index (χ3n) is 4.10. The van der Waals surface area contributed by atoms with Gasteiger partial charge >= 0.3 is 0 Å². The third-order valence-corrected chi connectivity index (χ3v) is 4.10. The van der Waals surface area contributed by atoms with E-state index in [0.29, 0.717) is 17.2 Å². The van der Waals surface area contributed by atoms with E-state index in [1.54, 1.807) is 20.4 Å². The number of carbonyl (C=O) groups excluding carboxylic acids is 1. The fraction of sp³-hybridized carbons (Fsp3) is 0.200. The Morgan fingerprint density at radius 2 is 1.80 bits per heavy atom. The first-order valence-corrected chi connectivity index (χ1v) is 7.97. The van der Waals surface area contributed by atoms with E-state index in [1.165, 1.54) is 0 Å². The number of para-hydroxylation sites is 1. The number of hydrogen-bond donors (Lipinski definition) is 1. The number of benzene rings is 2. The second-order valence-electron chi connectivity index (χ2n) is 5.74. The number of carbonyl (C=O) groups is 1. The van der Waals surface area contributed by atoms with Crippen LogP contribution in [-0.2, 0) is 11.2 Å². The number of ether oxygens (including phenoxy) is 2. The number of nitrogens with zero attached hydrogens (tertiary/aromatic N) is 1. The van der Waals surface area contributed by atoms with Crippen LogP contribution in [0.25, 0.3) is 10.9 Å². The number of pyridine rings is 1. The van der Waals surface area contributed by atoms with Crippen molar-refractivity contribution < 1.29 is 14.3 Å². The molecule has 1 amide bonds. The molecule has 0 saturated heterocycles. The molecule has 5 nitrogen and oxygen atoms in total. The van der Waals surface area contributed by atoms with Gasteiger partial charge in [0.1, 0.15) is 0 Å². The van der Waals surface area contributed by atoms with E-state index in [0.717, 1.165) is 22.0 Å². The summed E-state index contributed by atoms with van der Waals surface area (Å²) in [5.41, 5.74) is 3.36. The maximum absolute atomic E-state index is 12.5. The van der Waals surface area contributed by atoms with Crippen molar-refractivity contribution in [1.29, 1.82) is 0 Å². The number of rotatable bonds is 5. The van der Waals surface area contributed by atoms with Crippen LogP contribution in [0.2, 0.25) is 0 Å². The van der Waals surface area contributed by atoms with Crippen molar-refractivity contribution in [2.75, 3.05) is 19.5 Å². The van der Waals surface area contributed by atoms with Crippen molar-refractivity contribution in [3.05, 3.63) is 59.8 Å². The Labute approximate surface area is 146 Å². The number of hydrogen-bond acceptors (Lipinski definition) is 4. The average Bonchev–Trinajstić information content (AvgIpc) is 2.63. The Hall–Kier alpha value is -3.08. The summed E-state index contributed by atoms with van der Waals surface area (Å²) >= 11 is 0. The molecule has 1 N–H and O–H groups in total. The van der Waals surface area contributed by atoms with Crippen molar-refractivity contribution in [2.45, 2.75) is 13.3 Å². The number of nitrogens with one attached hydrogen (secondary N) is 1. The molecule has 1 heterocycles. The summed E-state index contributed by atoms with van der Waals surface area (Å²) in [7, 11) is 3.18. The Morgan fingerprint density at radius 3 is 2.56 bits per heavy atom. The second-order valence-corrected chi connectivity index (χ2v) is 5.74. The highest BCUT2D eigenvalue weighted by atomic mass is 16.5. The van der Waals surface area contributed by atoms with Gasteiger partial charge in [-0.1, -0.05) is 18.2 Å². The minimum absolute atomic E-state index is 0.103. The van der Waals surface area contributed by atoms with Gasteiger partial charge in [0.2, 0.25) is 5.91 Å². The molecule has 0 saturated carbocycles. The van der Waals surface area contributed by atoms with Crippen molar-refractivity contribution in [2.24, 2.45) is 0 Å². The molecular formula is C20H20N2O3. The lowest BCUT2D eigenvalue weighted by Gasteiger charge is -2.13. The normalized spacial score (nSPS) is 10.5. The van der Waals surface area contributed by atoms with Crippen LogP contribution < -0.4 is 14.8 Å². The van der Waals surface area contributed by atoms with Crippen LogP contribution in [-0.4, -0.2) is 25.1 Å². The van der Waals surface area contributed by atoms with Gasteiger partial charge in [0.05, 0.1) is 31.8 Å². The van der Waals surface area contributed by atoms with Crippen LogP contribution in [0.5, 0.6) is 11.5 Å². The van der Waals surface area contributed by atoms with Gasteiger partial charge < -0.3 is 14.8 Å². The molecule has 3 rings (SSSR count). The lowest BCUT2D eigenvalue weighted by Crippen LogP contribution is -2.15. The second kappa shape index (κ2) is 7.21. The largest absolute Gasteiger partial charge is 0.493 e. The topological polar surface area (TPSA) is 60.5 Å². The standard InChI is InChI=1S/C20H20N2O3/c1-13-10-17(24-2)18(25-3)11-15(13)12-19(23)22-16-8-4-6-14-7-5-9-21-20(14)16/h4-11H,12H2,1-3H3,(H,22,23). The monoisotopic (exact) mass is 336 g/mol. The van der Waals surface area contributed by atoms with Crippen LogP contribution in [0.1, 0.15) is 11.1 Å². The molecule has 0 fully saturated rings. The van der Waals surface area contributed by atoms with E-state index >= 15 is 0 Å². The Morgan fingerprint density at radius 1 is 1.08 bits per heavy atom. The maximum atomic E-state index is 12.5. The molecule has 0 atom stereocenters. The summed E-state index contributed by atoms with van der Waals surface area (Å²) in [6.07, 6.45) is 1.96. The van der Waals surface area contributed by atoms with Crippen LogP contribution >= 0.6 is 0 Å². The van der Waals surface area contributed by atoms with E-state index in [-0.39, 0.29) is 12.3 Å². The minimum atomic E-state index is -0.103. The lowest BCUT2D eigenvalue weighted by molar-refractivity contribution is -0.115. The van der Waals surface area contributed by atoms with E-state index in [4.69, 9.17) is 9.47 Å². The first kappa shape index (κ1) is 16.8. The Kier molecular flexibility index (Phi) is 4.84. The first-order chi connectivity index (χ1) is 12.1. The highest BCUT2D eigenvalue weighted by Gasteiger charge is 2.13. The predicted molar refractivity (Wildman–Crippen MR) is 98.4 cm³/mol. The van der Waals surface area contributed by atoms with Crippen molar-refractivity contribution in [3.63, 3.8) is 0 Å². The van der Waals surface area contributed by atoms with Gasteiger partial charge in [-0.25, -0.2) is 0 Å². The zero-order valence-corrected chi connectivity index (χ0v) is 14.5. The minimum Gasteiger partial charge on any atom is -0.493 e. The molecule has 0 spiro atoms. The van der Waals surface area contributed by atoms with Gasteiger partial charge in [0, 0.05) is 11.6 Å². The number of aryl methyl sites for hydroxylation is 1. The summed E-state index contributed by atoms with van der Waals surface area (Å²) in [6, 6.07) is 13.3. The first-order valence-electron chi connectivity index (χ1n) is 7.97. The predicted octanol–water partition coefficient (Wildman–Crippen LogP) is 3.74. The average molecular weight is 336 g/mol. The molecule has 0 aliphatic carbocycles. The number of amides is 1. The highest BCUT2D eigenvalue weighted by Crippen LogP contribution is 2.30. The number of fused-ring (bicyclic) bond motifs is 1. The molecule has 3 aromatic rings. The van der Waals surface area contributed by atoms with Crippen molar-refractivity contribution in [3.8, 4) is 11.5 Å².